The summed E-state index contributed by atoms with van der Waals surface area (Å²) in [6.07, 6.45) is 0. The van der Waals surface area contributed by atoms with Crippen LogP contribution in [-0.2, 0) is 4.79 Å². The number of benzene rings is 1. The average molecular weight is 456 g/mol. The number of nitrogens with one attached hydrogen (secondary N) is 1. The van der Waals surface area contributed by atoms with Crippen molar-refractivity contribution < 1.29 is 4.79 Å². The summed E-state index contributed by atoms with van der Waals surface area (Å²) >= 11 is 4.50. The van der Waals surface area contributed by atoms with Crippen LogP contribution in [0.15, 0.2) is 52.3 Å². The number of anilines is 1. The van der Waals surface area contributed by atoms with E-state index < -0.39 is 0 Å². The minimum absolute atomic E-state index is 0.111. The number of nitrogens with zero attached hydrogens (tertiary/aromatic N) is 4. The molecule has 1 amide bonds. The van der Waals surface area contributed by atoms with Gasteiger partial charge in [0.2, 0.25) is 5.91 Å². The molecule has 4 rings (SSSR count). The number of aryl methyl sites for hydroxylation is 1. The van der Waals surface area contributed by atoms with E-state index in [9.17, 15) is 4.79 Å². The lowest BCUT2D eigenvalue weighted by atomic mass is 10.2. The topological polar surface area (TPSA) is 72.7 Å². The van der Waals surface area contributed by atoms with Gasteiger partial charge in [0.15, 0.2) is 16.1 Å². The Morgan fingerprint density at radius 3 is 2.63 bits per heavy atom. The number of hydrogen-bond donors (Lipinski definition) is 1. The van der Waals surface area contributed by atoms with E-state index in [0.717, 1.165) is 27.8 Å². The molecule has 0 aliphatic heterocycles. The van der Waals surface area contributed by atoms with Crippen LogP contribution in [0.1, 0.15) is 24.8 Å². The van der Waals surface area contributed by atoms with Gasteiger partial charge in [-0.25, -0.2) is 4.98 Å². The minimum atomic E-state index is -0.111. The highest BCUT2D eigenvalue weighted by Gasteiger charge is 2.19. The highest BCUT2D eigenvalue weighted by atomic mass is 32.2. The molecule has 154 valence electrons. The summed E-state index contributed by atoms with van der Waals surface area (Å²) in [5.41, 5.74) is 2.95. The Labute approximate surface area is 187 Å². The molecule has 0 aliphatic carbocycles. The van der Waals surface area contributed by atoms with Crippen molar-refractivity contribution in [2.75, 3.05) is 11.1 Å². The standard InChI is InChI=1S/C21H21N5OS3/c1-13(2)26-19(16-9-14(3)28-10-16)24-25-21(26)30-12-18(27)23-20-22-17(11-29-20)15-7-5-4-6-8-15/h4-11,13H,12H2,1-3H3,(H,22,23,27). The first kappa shape index (κ1) is 20.8. The smallest absolute Gasteiger partial charge is 0.236 e. The van der Waals surface area contributed by atoms with Gasteiger partial charge in [-0.15, -0.1) is 32.9 Å². The zero-order valence-corrected chi connectivity index (χ0v) is 19.3. The molecule has 3 aromatic heterocycles. The van der Waals surface area contributed by atoms with E-state index in [0.29, 0.717) is 5.13 Å². The number of hydrogen-bond acceptors (Lipinski definition) is 7. The summed E-state index contributed by atoms with van der Waals surface area (Å²) in [5.74, 6) is 0.971. The van der Waals surface area contributed by atoms with E-state index in [1.807, 2.05) is 35.7 Å². The van der Waals surface area contributed by atoms with Crippen LogP contribution in [0.25, 0.3) is 22.6 Å². The maximum atomic E-state index is 12.5. The lowest BCUT2D eigenvalue weighted by Gasteiger charge is -2.12. The SMILES string of the molecule is Cc1cc(-c2nnc(SCC(=O)Nc3nc(-c4ccccc4)cs3)n2C(C)C)cs1. The minimum Gasteiger partial charge on any atom is -0.301 e. The summed E-state index contributed by atoms with van der Waals surface area (Å²) in [6, 6.07) is 12.2. The molecule has 30 heavy (non-hydrogen) atoms. The molecule has 0 radical (unpaired) electrons. The molecule has 0 saturated carbocycles. The highest BCUT2D eigenvalue weighted by molar-refractivity contribution is 7.99. The highest BCUT2D eigenvalue weighted by Crippen LogP contribution is 2.30. The van der Waals surface area contributed by atoms with Crippen molar-refractivity contribution in [3.05, 3.63) is 52.0 Å². The van der Waals surface area contributed by atoms with E-state index in [-0.39, 0.29) is 17.7 Å². The Balaban J connectivity index is 1.42. The lowest BCUT2D eigenvalue weighted by molar-refractivity contribution is -0.113. The van der Waals surface area contributed by atoms with Crippen LogP contribution >= 0.6 is 34.4 Å². The van der Waals surface area contributed by atoms with Gasteiger partial charge in [0.25, 0.3) is 0 Å². The Bertz CT molecular complexity index is 1150. The van der Waals surface area contributed by atoms with Crippen LogP contribution in [0.3, 0.4) is 0 Å². The largest absolute Gasteiger partial charge is 0.301 e. The van der Waals surface area contributed by atoms with Gasteiger partial charge in [0, 0.05) is 32.8 Å². The number of aromatic nitrogens is 4. The van der Waals surface area contributed by atoms with Gasteiger partial charge in [-0.2, -0.15) is 0 Å². The lowest BCUT2D eigenvalue weighted by Crippen LogP contribution is -2.15. The Kier molecular flexibility index (Phi) is 6.31. The molecule has 0 unspecified atom stereocenters. The second-order valence-electron chi connectivity index (χ2n) is 6.96. The number of carbonyl (C=O) groups is 1. The molecule has 0 fully saturated rings. The summed E-state index contributed by atoms with van der Waals surface area (Å²) in [6.45, 7) is 6.26. The molecule has 1 N–H and O–H groups in total. The molecule has 9 heteroatoms. The number of carbonyl (C=O) groups excluding carboxylic acids is 1. The molecule has 1 aromatic carbocycles. The van der Waals surface area contributed by atoms with Crippen LogP contribution in [0.4, 0.5) is 5.13 Å². The maximum absolute atomic E-state index is 12.5. The predicted molar refractivity (Wildman–Crippen MR) is 125 cm³/mol. The third kappa shape index (κ3) is 4.63. The van der Waals surface area contributed by atoms with Crippen LogP contribution in [-0.4, -0.2) is 31.4 Å². The second-order valence-corrected chi connectivity index (χ2v) is 9.87. The van der Waals surface area contributed by atoms with Crippen LogP contribution in [0.2, 0.25) is 0 Å². The van der Waals surface area contributed by atoms with Gasteiger partial charge in [-0.05, 0) is 26.8 Å². The van der Waals surface area contributed by atoms with Crippen molar-refractivity contribution in [2.45, 2.75) is 32.0 Å². The summed E-state index contributed by atoms with van der Waals surface area (Å²) in [7, 11) is 0. The first-order chi connectivity index (χ1) is 14.5. The second kappa shape index (κ2) is 9.11. The van der Waals surface area contributed by atoms with Gasteiger partial charge >= 0.3 is 0 Å². The fraction of sp³-hybridized carbons (Fsp3) is 0.238. The number of rotatable bonds is 7. The third-order valence-electron chi connectivity index (χ3n) is 4.32. The number of amides is 1. The molecule has 0 saturated heterocycles. The zero-order chi connectivity index (χ0) is 21.1. The van der Waals surface area contributed by atoms with Crippen LogP contribution in [0, 0.1) is 6.92 Å². The van der Waals surface area contributed by atoms with Crippen LogP contribution < -0.4 is 5.32 Å². The first-order valence-electron chi connectivity index (χ1n) is 9.45. The molecule has 3 heterocycles. The monoisotopic (exact) mass is 455 g/mol. The molecular weight excluding hydrogens is 434 g/mol. The summed E-state index contributed by atoms with van der Waals surface area (Å²) < 4.78 is 2.08. The van der Waals surface area contributed by atoms with E-state index in [4.69, 9.17) is 0 Å². The quantitative estimate of drug-likeness (QED) is 0.359. The first-order valence-corrected chi connectivity index (χ1v) is 12.2. The maximum Gasteiger partial charge on any atom is 0.236 e. The van der Waals surface area contributed by atoms with Gasteiger partial charge in [-0.1, -0.05) is 42.1 Å². The van der Waals surface area contributed by atoms with Crippen LogP contribution in [0.5, 0.6) is 0 Å². The Morgan fingerprint density at radius 2 is 1.93 bits per heavy atom. The number of thiazole rings is 1. The van der Waals surface area contributed by atoms with Gasteiger partial charge in [0.05, 0.1) is 11.4 Å². The molecule has 0 atom stereocenters. The molecule has 4 aromatic rings. The Morgan fingerprint density at radius 1 is 1.13 bits per heavy atom. The third-order valence-corrected chi connectivity index (χ3v) is 6.88. The van der Waals surface area contributed by atoms with Gasteiger partial charge in [0.1, 0.15) is 0 Å². The normalized spacial score (nSPS) is 11.2. The summed E-state index contributed by atoms with van der Waals surface area (Å²) in [4.78, 5) is 18.2. The fourth-order valence-electron chi connectivity index (χ4n) is 2.96. The van der Waals surface area contributed by atoms with Crippen molar-refractivity contribution in [2.24, 2.45) is 0 Å². The molecule has 6 nitrogen and oxygen atoms in total. The van der Waals surface area contributed by atoms with Crippen molar-refractivity contribution in [1.82, 2.24) is 19.7 Å². The van der Waals surface area contributed by atoms with Crippen molar-refractivity contribution >= 4 is 45.5 Å². The Hall–Kier alpha value is -2.49. The molecule has 0 spiro atoms. The van der Waals surface area contributed by atoms with Crippen molar-refractivity contribution in [3.8, 4) is 22.6 Å². The predicted octanol–water partition coefficient (Wildman–Crippen LogP) is 5.75. The number of thioether (sulfide) groups is 1. The molecule has 0 aliphatic rings. The van der Waals surface area contributed by atoms with E-state index in [1.165, 1.54) is 28.0 Å². The van der Waals surface area contributed by atoms with E-state index in [2.05, 4.69) is 57.3 Å². The average Bonchev–Trinajstić information content (AvgIpc) is 3.46. The van der Waals surface area contributed by atoms with Gasteiger partial charge in [-0.3, -0.25) is 9.36 Å². The molecular formula is C21H21N5OS3. The van der Waals surface area contributed by atoms with E-state index in [1.54, 1.807) is 11.3 Å². The van der Waals surface area contributed by atoms with Gasteiger partial charge < -0.3 is 5.32 Å². The zero-order valence-electron chi connectivity index (χ0n) is 16.8. The summed E-state index contributed by atoms with van der Waals surface area (Å²) in [5, 5.41) is 17.0. The van der Waals surface area contributed by atoms with Crippen molar-refractivity contribution in [3.63, 3.8) is 0 Å². The van der Waals surface area contributed by atoms with E-state index >= 15 is 0 Å². The molecule has 0 bridgehead atoms. The fourth-order valence-corrected chi connectivity index (χ4v) is 5.24. The number of thiophene rings is 1. The van der Waals surface area contributed by atoms with Crippen molar-refractivity contribution in [1.29, 1.82) is 0 Å².